The first-order valence-electron chi connectivity index (χ1n) is 9.24. The highest BCUT2D eigenvalue weighted by molar-refractivity contribution is 7.17. The van der Waals surface area contributed by atoms with E-state index < -0.39 is 11.7 Å². The lowest BCUT2D eigenvalue weighted by molar-refractivity contribution is 0.0999. The fourth-order valence-corrected chi connectivity index (χ4v) is 4.99. The minimum atomic E-state index is -0.518. The Bertz CT molecular complexity index is 871. The summed E-state index contributed by atoms with van der Waals surface area (Å²) in [6.45, 7) is 6.76. The SMILES string of the molecule is CCC(C)(C)[C@H]1CCc2c(sc(NC(=O)c3ccc(F)cc3)c2C(N)=O)C1. The topological polar surface area (TPSA) is 72.2 Å². The Morgan fingerprint density at radius 1 is 1.30 bits per heavy atom. The highest BCUT2D eigenvalue weighted by Gasteiger charge is 2.35. The van der Waals surface area contributed by atoms with Gasteiger partial charge in [0.25, 0.3) is 11.8 Å². The maximum atomic E-state index is 13.1. The number of halogens is 1. The second-order valence-corrected chi connectivity index (χ2v) is 8.92. The molecule has 1 aromatic heterocycles. The van der Waals surface area contributed by atoms with Crippen LogP contribution in [0.1, 0.15) is 64.8 Å². The quantitative estimate of drug-likeness (QED) is 0.774. The molecule has 1 aliphatic carbocycles. The van der Waals surface area contributed by atoms with Crippen molar-refractivity contribution in [1.82, 2.24) is 0 Å². The van der Waals surface area contributed by atoms with Crippen LogP contribution in [0.3, 0.4) is 0 Å². The average Bonchev–Trinajstić information content (AvgIpc) is 2.99. The first-order valence-corrected chi connectivity index (χ1v) is 10.1. The van der Waals surface area contributed by atoms with E-state index in [9.17, 15) is 14.0 Å². The summed E-state index contributed by atoms with van der Waals surface area (Å²) in [7, 11) is 0. The number of hydrogen-bond donors (Lipinski definition) is 2. The van der Waals surface area contributed by atoms with Gasteiger partial charge in [-0.05, 0) is 60.4 Å². The Kier molecular flexibility index (Phi) is 5.38. The molecule has 0 unspecified atom stereocenters. The van der Waals surface area contributed by atoms with Crippen molar-refractivity contribution in [2.75, 3.05) is 5.32 Å². The summed E-state index contributed by atoms with van der Waals surface area (Å²) in [5.74, 6) is -0.757. The molecular formula is C21H25FN2O2S. The summed E-state index contributed by atoms with van der Waals surface area (Å²) < 4.78 is 13.1. The number of thiophene rings is 1. The number of primary amides is 1. The Balaban J connectivity index is 1.90. The third kappa shape index (κ3) is 3.90. The van der Waals surface area contributed by atoms with Gasteiger partial charge in [0.2, 0.25) is 0 Å². The predicted molar refractivity (Wildman–Crippen MR) is 107 cm³/mol. The Hall–Kier alpha value is -2.21. The van der Waals surface area contributed by atoms with Gasteiger partial charge in [0.1, 0.15) is 10.8 Å². The van der Waals surface area contributed by atoms with E-state index in [2.05, 4.69) is 26.1 Å². The van der Waals surface area contributed by atoms with Gasteiger partial charge in [-0.25, -0.2) is 4.39 Å². The number of rotatable bonds is 5. The summed E-state index contributed by atoms with van der Waals surface area (Å²) in [6, 6.07) is 5.31. The maximum absolute atomic E-state index is 13.1. The van der Waals surface area contributed by atoms with Gasteiger partial charge in [0, 0.05) is 10.4 Å². The molecule has 0 aliphatic heterocycles. The molecule has 3 rings (SSSR count). The monoisotopic (exact) mass is 388 g/mol. The van der Waals surface area contributed by atoms with Crippen molar-refractivity contribution >= 4 is 28.2 Å². The van der Waals surface area contributed by atoms with E-state index in [1.165, 1.54) is 35.6 Å². The maximum Gasteiger partial charge on any atom is 0.256 e. The van der Waals surface area contributed by atoms with Crippen molar-refractivity contribution in [2.24, 2.45) is 17.1 Å². The average molecular weight is 389 g/mol. The largest absolute Gasteiger partial charge is 0.365 e. The number of nitrogens with one attached hydrogen (secondary N) is 1. The molecule has 0 radical (unpaired) electrons. The molecule has 1 aromatic carbocycles. The minimum Gasteiger partial charge on any atom is -0.365 e. The smallest absolute Gasteiger partial charge is 0.256 e. The number of hydrogen-bond acceptors (Lipinski definition) is 3. The molecule has 144 valence electrons. The van der Waals surface area contributed by atoms with E-state index in [0.29, 0.717) is 22.0 Å². The van der Waals surface area contributed by atoms with Crippen LogP contribution in [-0.2, 0) is 12.8 Å². The summed E-state index contributed by atoms with van der Waals surface area (Å²) in [4.78, 5) is 25.7. The number of nitrogens with two attached hydrogens (primary N) is 1. The highest BCUT2D eigenvalue weighted by atomic mass is 32.1. The number of fused-ring (bicyclic) bond motifs is 1. The van der Waals surface area contributed by atoms with Crippen molar-refractivity contribution in [2.45, 2.75) is 46.5 Å². The van der Waals surface area contributed by atoms with E-state index in [-0.39, 0.29) is 11.3 Å². The molecule has 0 bridgehead atoms. The van der Waals surface area contributed by atoms with Gasteiger partial charge in [0.05, 0.1) is 5.56 Å². The molecule has 3 N–H and O–H groups in total. The van der Waals surface area contributed by atoms with E-state index in [4.69, 9.17) is 5.73 Å². The van der Waals surface area contributed by atoms with Gasteiger partial charge in [-0.15, -0.1) is 11.3 Å². The summed E-state index contributed by atoms with van der Waals surface area (Å²) >= 11 is 1.44. The molecule has 6 heteroatoms. The lowest BCUT2D eigenvalue weighted by Crippen LogP contribution is -2.29. The zero-order valence-corrected chi connectivity index (χ0v) is 16.7. The Morgan fingerprint density at radius 2 is 1.96 bits per heavy atom. The van der Waals surface area contributed by atoms with E-state index >= 15 is 0 Å². The molecule has 0 spiro atoms. The van der Waals surface area contributed by atoms with Crippen LogP contribution >= 0.6 is 11.3 Å². The van der Waals surface area contributed by atoms with Crippen molar-refractivity contribution in [3.63, 3.8) is 0 Å². The summed E-state index contributed by atoms with van der Waals surface area (Å²) in [6.07, 6.45) is 3.80. The van der Waals surface area contributed by atoms with Gasteiger partial charge in [-0.2, -0.15) is 0 Å². The third-order valence-corrected chi connectivity index (χ3v) is 7.03. The molecule has 1 atom stereocenters. The van der Waals surface area contributed by atoms with Gasteiger partial charge in [-0.1, -0.05) is 27.2 Å². The zero-order chi connectivity index (χ0) is 19.8. The van der Waals surface area contributed by atoms with Gasteiger partial charge in [-0.3, -0.25) is 9.59 Å². The fraction of sp³-hybridized carbons (Fsp3) is 0.429. The van der Waals surface area contributed by atoms with E-state index in [1.807, 2.05) is 0 Å². The third-order valence-electron chi connectivity index (χ3n) is 5.86. The molecule has 4 nitrogen and oxygen atoms in total. The second-order valence-electron chi connectivity index (χ2n) is 7.82. The molecule has 0 saturated heterocycles. The van der Waals surface area contributed by atoms with Crippen molar-refractivity contribution in [1.29, 1.82) is 0 Å². The number of amides is 2. The Morgan fingerprint density at radius 3 is 2.56 bits per heavy atom. The number of benzene rings is 1. The fourth-order valence-electron chi connectivity index (χ4n) is 3.67. The Labute approximate surface area is 163 Å². The molecule has 2 aromatic rings. The summed E-state index contributed by atoms with van der Waals surface area (Å²) in [5, 5.41) is 3.31. The predicted octanol–water partition coefficient (Wildman–Crippen LogP) is 4.78. The number of anilines is 1. The van der Waals surface area contributed by atoms with Crippen molar-refractivity contribution in [3.05, 3.63) is 51.7 Å². The number of carbonyl (C=O) groups is 2. The standard InChI is InChI=1S/C21H25FN2O2S/c1-4-21(2,3)13-7-10-15-16(11-13)27-20(17(15)18(23)25)24-19(26)12-5-8-14(22)9-6-12/h5-6,8-9,13H,4,7,10-11H2,1-3H3,(H2,23,25)(H,24,26)/t13-/m0/s1. The second kappa shape index (κ2) is 7.43. The highest BCUT2D eigenvalue weighted by Crippen LogP contribution is 2.45. The van der Waals surface area contributed by atoms with Crippen LogP contribution in [0.4, 0.5) is 9.39 Å². The molecule has 1 heterocycles. The van der Waals surface area contributed by atoms with E-state index in [0.717, 1.165) is 36.1 Å². The van der Waals surface area contributed by atoms with Crippen LogP contribution in [0, 0.1) is 17.2 Å². The first-order chi connectivity index (χ1) is 12.7. The van der Waals surface area contributed by atoms with Crippen LogP contribution in [0.5, 0.6) is 0 Å². The lowest BCUT2D eigenvalue weighted by Gasteiger charge is -2.36. The van der Waals surface area contributed by atoms with Gasteiger partial charge < -0.3 is 11.1 Å². The molecular weight excluding hydrogens is 363 g/mol. The van der Waals surface area contributed by atoms with Crippen molar-refractivity contribution in [3.8, 4) is 0 Å². The van der Waals surface area contributed by atoms with Gasteiger partial charge in [0.15, 0.2) is 0 Å². The number of carbonyl (C=O) groups excluding carboxylic acids is 2. The summed E-state index contributed by atoms with van der Waals surface area (Å²) in [5.41, 5.74) is 7.60. The zero-order valence-electron chi connectivity index (χ0n) is 15.9. The normalized spacial score (nSPS) is 16.7. The molecule has 27 heavy (non-hydrogen) atoms. The first kappa shape index (κ1) is 19.5. The van der Waals surface area contributed by atoms with Crippen LogP contribution in [0.15, 0.2) is 24.3 Å². The molecule has 0 fully saturated rings. The molecule has 2 amide bonds. The van der Waals surface area contributed by atoms with Crippen molar-refractivity contribution < 1.29 is 14.0 Å². The van der Waals surface area contributed by atoms with Crippen LogP contribution in [-0.4, -0.2) is 11.8 Å². The molecule has 0 saturated carbocycles. The lowest BCUT2D eigenvalue weighted by atomic mass is 9.69. The van der Waals surface area contributed by atoms with Crippen LogP contribution < -0.4 is 11.1 Å². The van der Waals surface area contributed by atoms with E-state index in [1.54, 1.807) is 0 Å². The van der Waals surface area contributed by atoms with Crippen LogP contribution in [0.25, 0.3) is 0 Å². The van der Waals surface area contributed by atoms with Gasteiger partial charge >= 0.3 is 0 Å². The molecule has 1 aliphatic rings. The van der Waals surface area contributed by atoms with Crippen LogP contribution in [0.2, 0.25) is 0 Å². The minimum absolute atomic E-state index is 0.228.